The zero-order chi connectivity index (χ0) is 17.0. The number of Topliss-reactive ketones (excluding diaryl/α,β-unsaturated/α-hetero) is 1. The number of H-pyrrole nitrogens is 1. The van der Waals surface area contributed by atoms with Crippen molar-refractivity contribution in [3.8, 4) is 0 Å². The third kappa shape index (κ3) is 3.33. The van der Waals surface area contributed by atoms with E-state index in [2.05, 4.69) is 29.4 Å². The number of ketones is 1. The Bertz CT molecular complexity index is 710. The highest BCUT2D eigenvalue weighted by molar-refractivity contribution is 6.07. The lowest BCUT2D eigenvalue weighted by Crippen LogP contribution is -2.17. The van der Waals surface area contributed by atoms with E-state index >= 15 is 0 Å². The maximum absolute atomic E-state index is 12.7. The summed E-state index contributed by atoms with van der Waals surface area (Å²) < 4.78 is 0. The maximum Gasteiger partial charge on any atom is 0.273 e. The van der Waals surface area contributed by atoms with Crippen LogP contribution in [0.15, 0.2) is 18.2 Å². The molecule has 1 heterocycles. The lowest BCUT2D eigenvalue weighted by atomic mass is 10.0. The Kier molecular flexibility index (Phi) is 5.32. The van der Waals surface area contributed by atoms with Crippen molar-refractivity contribution in [2.45, 2.75) is 47.0 Å². The van der Waals surface area contributed by atoms with Crippen molar-refractivity contribution in [2.75, 3.05) is 5.32 Å². The standard InChI is InChI=1S/C18H23N3O2/c1-5-12-9-8-10-13(6-2)16(12)19-18(23)17-14(7-3)15(11(4)22)20-21-17/h8-10H,5-7H2,1-4H3,(H,19,23)(H,20,21). The number of carbonyl (C=O) groups excluding carboxylic acids is 2. The first kappa shape index (κ1) is 16.9. The van der Waals surface area contributed by atoms with Crippen LogP contribution in [0, 0.1) is 0 Å². The van der Waals surface area contributed by atoms with Crippen molar-refractivity contribution in [2.24, 2.45) is 0 Å². The minimum atomic E-state index is -0.252. The fourth-order valence-electron chi connectivity index (χ4n) is 2.77. The fraction of sp³-hybridized carbons (Fsp3) is 0.389. The van der Waals surface area contributed by atoms with Crippen LogP contribution in [0.5, 0.6) is 0 Å². The Balaban J connectivity index is 2.39. The Labute approximate surface area is 136 Å². The van der Waals surface area contributed by atoms with Gasteiger partial charge >= 0.3 is 0 Å². The molecule has 2 aromatic rings. The summed E-state index contributed by atoms with van der Waals surface area (Å²) in [6.45, 7) is 7.49. The summed E-state index contributed by atoms with van der Waals surface area (Å²) in [6.07, 6.45) is 2.25. The molecule has 2 rings (SSSR count). The molecule has 0 saturated heterocycles. The SMILES string of the molecule is CCc1cccc(CC)c1NC(=O)c1[nH]nc(C(C)=O)c1CC. The van der Waals surface area contributed by atoms with E-state index in [1.54, 1.807) is 0 Å². The smallest absolute Gasteiger partial charge is 0.273 e. The molecule has 5 nitrogen and oxygen atoms in total. The minimum absolute atomic E-state index is 0.139. The van der Waals surface area contributed by atoms with E-state index in [4.69, 9.17) is 0 Å². The van der Waals surface area contributed by atoms with Crippen LogP contribution in [-0.2, 0) is 19.3 Å². The number of aromatic nitrogens is 2. The Hall–Kier alpha value is -2.43. The number of carbonyl (C=O) groups is 2. The number of rotatable bonds is 6. The molecule has 122 valence electrons. The second kappa shape index (κ2) is 7.22. The third-order valence-corrected chi connectivity index (χ3v) is 4.02. The molecule has 0 fully saturated rings. The van der Waals surface area contributed by atoms with Crippen LogP contribution in [-0.4, -0.2) is 21.9 Å². The Morgan fingerprint density at radius 1 is 1.09 bits per heavy atom. The van der Waals surface area contributed by atoms with Gasteiger partial charge in [-0.2, -0.15) is 5.10 Å². The first-order chi connectivity index (χ1) is 11.0. The summed E-state index contributed by atoms with van der Waals surface area (Å²) in [5, 5.41) is 9.72. The number of amides is 1. The van der Waals surface area contributed by atoms with Gasteiger partial charge in [0.25, 0.3) is 5.91 Å². The van der Waals surface area contributed by atoms with Gasteiger partial charge in [0.15, 0.2) is 5.78 Å². The van der Waals surface area contributed by atoms with E-state index < -0.39 is 0 Å². The summed E-state index contributed by atoms with van der Waals surface area (Å²) in [5.74, 6) is -0.391. The number of hydrogen-bond donors (Lipinski definition) is 2. The van der Waals surface area contributed by atoms with Gasteiger partial charge in [-0.05, 0) is 30.4 Å². The predicted molar refractivity (Wildman–Crippen MR) is 91.1 cm³/mol. The number of hydrogen-bond acceptors (Lipinski definition) is 3. The van der Waals surface area contributed by atoms with Crippen LogP contribution in [0.3, 0.4) is 0 Å². The predicted octanol–water partition coefficient (Wildman–Crippen LogP) is 3.55. The van der Waals surface area contributed by atoms with Crippen LogP contribution in [0.25, 0.3) is 0 Å². The quantitative estimate of drug-likeness (QED) is 0.801. The zero-order valence-electron chi connectivity index (χ0n) is 14.1. The topological polar surface area (TPSA) is 74.8 Å². The highest BCUT2D eigenvalue weighted by atomic mass is 16.2. The lowest BCUT2D eigenvalue weighted by molar-refractivity contribution is 0.101. The molecule has 0 bridgehead atoms. The fourth-order valence-corrected chi connectivity index (χ4v) is 2.77. The van der Waals surface area contributed by atoms with Gasteiger partial charge in [0, 0.05) is 18.2 Å². The van der Waals surface area contributed by atoms with E-state index in [0.717, 1.165) is 29.7 Å². The summed E-state index contributed by atoms with van der Waals surface area (Å²) in [7, 11) is 0. The molecule has 0 saturated carbocycles. The van der Waals surface area contributed by atoms with Gasteiger partial charge in [0.2, 0.25) is 0 Å². The van der Waals surface area contributed by atoms with Gasteiger partial charge in [0.05, 0.1) is 0 Å². The normalized spacial score (nSPS) is 10.6. The van der Waals surface area contributed by atoms with Crippen molar-refractivity contribution in [1.82, 2.24) is 10.2 Å². The molecule has 0 aliphatic heterocycles. The van der Waals surface area contributed by atoms with E-state index in [1.165, 1.54) is 6.92 Å². The highest BCUT2D eigenvalue weighted by Gasteiger charge is 2.21. The molecule has 2 N–H and O–H groups in total. The van der Waals surface area contributed by atoms with E-state index in [9.17, 15) is 9.59 Å². The molecule has 1 amide bonds. The van der Waals surface area contributed by atoms with Crippen molar-refractivity contribution < 1.29 is 9.59 Å². The van der Waals surface area contributed by atoms with Gasteiger partial charge in [0.1, 0.15) is 11.4 Å². The number of nitrogens with one attached hydrogen (secondary N) is 2. The molecule has 0 atom stereocenters. The summed E-state index contributed by atoms with van der Waals surface area (Å²) in [4.78, 5) is 24.3. The van der Waals surface area contributed by atoms with Crippen LogP contribution in [0.2, 0.25) is 0 Å². The summed E-state index contributed by atoms with van der Waals surface area (Å²) >= 11 is 0. The third-order valence-electron chi connectivity index (χ3n) is 4.02. The van der Waals surface area contributed by atoms with Crippen molar-refractivity contribution in [3.05, 3.63) is 46.3 Å². The first-order valence-electron chi connectivity index (χ1n) is 8.03. The number of benzene rings is 1. The lowest BCUT2D eigenvalue weighted by Gasteiger charge is -2.14. The summed E-state index contributed by atoms with van der Waals surface area (Å²) in [5.41, 5.74) is 4.44. The number of aryl methyl sites for hydroxylation is 2. The second-order valence-electron chi connectivity index (χ2n) is 5.45. The molecule has 0 aliphatic rings. The van der Waals surface area contributed by atoms with Crippen molar-refractivity contribution in [3.63, 3.8) is 0 Å². The Morgan fingerprint density at radius 2 is 1.70 bits per heavy atom. The largest absolute Gasteiger partial charge is 0.320 e. The monoisotopic (exact) mass is 313 g/mol. The average molecular weight is 313 g/mol. The molecule has 0 unspecified atom stereocenters. The van der Waals surface area contributed by atoms with Crippen LogP contribution < -0.4 is 5.32 Å². The van der Waals surface area contributed by atoms with Crippen LogP contribution >= 0.6 is 0 Å². The molecule has 0 spiro atoms. The number of para-hydroxylation sites is 1. The molecular formula is C18H23N3O2. The second-order valence-corrected chi connectivity index (χ2v) is 5.45. The molecule has 23 heavy (non-hydrogen) atoms. The first-order valence-corrected chi connectivity index (χ1v) is 8.03. The van der Waals surface area contributed by atoms with Crippen molar-refractivity contribution >= 4 is 17.4 Å². The molecule has 0 aliphatic carbocycles. The number of nitrogens with zero attached hydrogens (tertiary/aromatic N) is 1. The molecule has 5 heteroatoms. The molecular weight excluding hydrogens is 290 g/mol. The van der Waals surface area contributed by atoms with E-state index in [0.29, 0.717) is 23.4 Å². The van der Waals surface area contributed by atoms with Gasteiger partial charge in [-0.1, -0.05) is 39.0 Å². The summed E-state index contributed by atoms with van der Waals surface area (Å²) in [6, 6.07) is 6.04. The molecule has 1 aromatic carbocycles. The number of aromatic amines is 1. The van der Waals surface area contributed by atoms with Crippen LogP contribution in [0.1, 0.15) is 65.4 Å². The highest BCUT2D eigenvalue weighted by Crippen LogP contribution is 2.24. The van der Waals surface area contributed by atoms with Gasteiger partial charge in [-0.25, -0.2) is 0 Å². The van der Waals surface area contributed by atoms with E-state index in [-0.39, 0.29) is 11.7 Å². The zero-order valence-corrected chi connectivity index (χ0v) is 14.1. The average Bonchev–Trinajstić information content (AvgIpc) is 2.99. The molecule has 0 radical (unpaired) electrons. The Morgan fingerprint density at radius 3 is 2.17 bits per heavy atom. The van der Waals surface area contributed by atoms with Gasteiger partial charge < -0.3 is 5.32 Å². The van der Waals surface area contributed by atoms with Gasteiger partial charge in [-0.3, -0.25) is 14.7 Å². The van der Waals surface area contributed by atoms with Gasteiger partial charge in [-0.15, -0.1) is 0 Å². The van der Waals surface area contributed by atoms with Crippen LogP contribution in [0.4, 0.5) is 5.69 Å². The number of anilines is 1. The van der Waals surface area contributed by atoms with E-state index in [1.807, 2.05) is 25.1 Å². The van der Waals surface area contributed by atoms with Crippen molar-refractivity contribution in [1.29, 1.82) is 0 Å². The minimum Gasteiger partial charge on any atom is -0.320 e. The maximum atomic E-state index is 12.7. The molecule has 1 aromatic heterocycles.